The predicted molar refractivity (Wildman–Crippen MR) is 90.3 cm³/mol. The first-order valence-corrected chi connectivity index (χ1v) is 7.67. The zero-order valence-corrected chi connectivity index (χ0v) is 13.8. The second kappa shape index (κ2) is 8.73. The Hall–Kier alpha value is -2.80. The Balaban J connectivity index is 2.26. The molecule has 0 atom stereocenters. The third kappa shape index (κ3) is 4.36. The quantitative estimate of drug-likeness (QED) is 0.405. The van der Waals surface area contributed by atoms with Crippen LogP contribution in [-0.2, 0) is 14.4 Å². The van der Waals surface area contributed by atoms with Gasteiger partial charge in [0.1, 0.15) is 5.69 Å². The molecule has 0 saturated carbocycles. The van der Waals surface area contributed by atoms with Crippen molar-refractivity contribution in [3.05, 3.63) is 48.3 Å². The maximum absolute atomic E-state index is 11.6. The van der Waals surface area contributed by atoms with E-state index in [1.54, 1.807) is 24.3 Å². The third-order valence-electron chi connectivity index (χ3n) is 3.31. The van der Waals surface area contributed by atoms with Gasteiger partial charge in [0.2, 0.25) is 0 Å². The predicted octanol–water partition coefficient (Wildman–Crippen LogP) is 2.13. The Morgan fingerprint density at radius 2 is 2.17 bits per heavy atom. The summed E-state index contributed by atoms with van der Waals surface area (Å²) in [5.41, 5.74) is 4.37. The third-order valence-corrected chi connectivity index (χ3v) is 3.31. The van der Waals surface area contributed by atoms with Crippen molar-refractivity contribution >= 4 is 23.0 Å². The van der Waals surface area contributed by atoms with E-state index in [2.05, 4.69) is 10.8 Å². The van der Waals surface area contributed by atoms with Gasteiger partial charge in [0.15, 0.2) is 12.4 Å². The molecule has 0 spiro atoms. The molecule has 0 fully saturated rings. The first kappa shape index (κ1) is 17.6. The van der Waals surface area contributed by atoms with Crippen molar-refractivity contribution in [2.45, 2.75) is 13.3 Å². The molecule has 1 amide bonds. The van der Waals surface area contributed by atoms with Crippen LogP contribution in [0, 0.1) is 0 Å². The van der Waals surface area contributed by atoms with Gasteiger partial charge in [-0.15, -0.1) is 0 Å². The molecule has 0 saturated heterocycles. The Labute approximate surface area is 140 Å². The van der Waals surface area contributed by atoms with Crippen LogP contribution in [0.1, 0.15) is 13.3 Å². The standard InChI is InChI=1S/C17H21N3O4/c1-3-18-17(21)12-24-16-11-7-6-10-15(16)20(22)14-9-5-4-8-13(14)19-23-2/h4-9,11,19H,3,10,12H2,1-2H3,(H-,18,21,22)/p+1/b20-15-. The minimum absolute atomic E-state index is 0.108. The number of amides is 1. The summed E-state index contributed by atoms with van der Waals surface area (Å²) < 4.78 is 6.60. The number of hydrogen-bond acceptors (Lipinski definition) is 5. The van der Waals surface area contributed by atoms with Gasteiger partial charge in [-0.2, -0.15) is 0 Å². The largest absolute Gasteiger partial charge is 0.477 e. The molecule has 1 aliphatic carbocycles. The van der Waals surface area contributed by atoms with Crippen molar-refractivity contribution in [2.75, 3.05) is 25.7 Å². The van der Waals surface area contributed by atoms with Gasteiger partial charge in [-0.25, -0.2) is 0 Å². The fraction of sp³-hybridized carbons (Fsp3) is 0.294. The van der Waals surface area contributed by atoms with Crippen molar-refractivity contribution < 1.29 is 24.3 Å². The topological polar surface area (TPSA) is 82.8 Å². The highest BCUT2D eigenvalue weighted by atomic mass is 16.6. The number of rotatable bonds is 7. The molecule has 7 heteroatoms. The molecule has 1 aromatic rings. The van der Waals surface area contributed by atoms with E-state index in [9.17, 15) is 10.0 Å². The number of carbonyl (C=O) groups excluding carboxylic acids is 1. The lowest BCUT2D eigenvalue weighted by Crippen LogP contribution is -2.29. The zero-order valence-electron chi connectivity index (χ0n) is 13.8. The average Bonchev–Trinajstić information content (AvgIpc) is 2.61. The van der Waals surface area contributed by atoms with Crippen molar-refractivity contribution in [1.29, 1.82) is 0 Å². The lowest BCUT2D eigenvalue weighted by molar-refractivity contribution is -0.713. The van der Waals surface area contributed by atoms with Gasteiger partial charge >= 0.3 is 0 Å². The lowest BCUT2D eigenvalue weighted by Gasteiger charge is -2.12. The first-order chi connectivity index (χ1) is 11.7. The molecule has 2 rings (SSSR count). The van der Waals surface area contributed by atoms with Crippen LogP contribution in [-0.4, -0.2) is 41.8 Å². The summed E-state index contributed by atoms with van der Waals surface area (Å²) in [5, 5.41) is 13.3. The Bertz CT molecular complexity index is 680. The molecule has 0 bridgehead atoms. The molecule has 0 aromatic heterocycles. The lowest BCUT2D eigenvalue weighted by atomic mass is 10.1. The van der Waals surface area contributed by atoms with Gasteiger partial charge in [0, 0.05) is 17.3 Å². The Kier molecular flexibility index (Phi) is 6.39. The second-order valence-corrected chi connectivity index (χ2v) is 4.99. The Morgan fingerprint density at radius 3 is 2.92 bits per heavy atom. The van der Waals surface area contributed by atoms with Crippen LogP contribution >= 0.6 is 0 Å². The van der Waals surface area contributed by atoms with Gasteiger partial charge in [-0.05, 0) is 19.1 Å². The minimum Gasteiger partial charge on any atom is -0.477 e. The zero-order chi connectivity index (χ0) is 17.4. The minimum atomic E-state index is -0.210. The molecule has 0 heterocycles. The highest BCUT2D eigenvalue weighted by Gasteiger charge is 2.27. The fourth-order valence-corrected chi connectivity index (χ4v) is 2.25. The van der Waals surface area contributed by atoms with E-state index < -0.39 is 0 Å². The number of para-hydroxylation sites is 2. The monoisotopic (exact) mass is 332 g/mol. The molecule has 3 N–H and O–H groups in total. The van der Waals surface area contributed by atoms with Crippen LogP contribution in [0.25, 0.3) is 0 Å². The molecule has 0 radical (unpaired) electrons. The van der Waals surface area contributed by atoms with Crippen LogP contribution in [0.3, 0.4) is 0 Å². The van der Waals surface area contributed by atoms with Crippen molar-refractivity contribution in [1.82, 2.24) is 5.32 Å². The van der Waals surface area contributed by atoms with E-state index in [-0.39, 0.29) is 12.5 Å². The normalized spacial score (nSPS) is 15.5. The highest BCUT2D eigenvalue weighted by molar-refractivity contribution is 5.97. The highest BCUT2D eigenvalue weighted by Crippen LogP contribution is 2.25. The fourth-order valence-electron chi connectivity index (χ4n) is 2.25. The summed E-state index contributed by atoms with van der Waals surface area (Å²) in [6.07, 6.45) is 5.90. The summed E-state index contributed by atoms with van der Waals surface area (Å²) in [6.45, 7) is 2.27. The van der Waals surface area contributed by atoms with E-state index in [1.807, 2.05) is 25.1 Å². The maximum Gasteiger partial charge on any atom is 0.282 e. The van der Waals surface area contributed by atoms with Gasteiger partial charge in [0.25, 0.3) is 17.3 Å². The van der Waals surface area contributed by atoms with Crippen molar-refractivity contribution in [3.8, 4) is 0 Å². The SMILES string of the molecule is CCNC(=O)COC1=CC=CC/C1=[N+](/O)c1ccccc1NOC. The summed E-state index contributed by atoms with van der Waals surface area (Å²) in [6, 6.07) is 7.15. The summed E-state index contributed by atoms with van der Waals surface area (Å²) in [7, 11) is 1.50. The van der Waals surface area contributed by atoms with Gasteiger partial charge in [0.05, 0.1) is 13.5 Å². The summed E-state index contributed by atoms with van der Waals surface area (Å²) in [5.74, 6) is 0.233. The number of likely N-dealkylation sites (N-methyl/N-ethyl adjacent to an activating group) is 1. The maximum atomic E-state index is 11.6. The molecular weight excluding hydrogens is 310 g/mol. The number of benzene rings is 1. The first-order valence-electron chi connectivity index (χ1n) is 7.67. The smallest absolute Gasteiger partial charge is 0.282 e. The van der Waals surface area contributed by atoms with E-state index in [0.717, 1.165) is 4.74 Å². The van der Waals surface area contributed by atoms with Gasteiger partial charge in [-0.1, -0.05) is 24.3 Å². The molecular formula is C17H22N3O4+. The van der Waals surface area contributed by atoms with E-state index in [4.69, 9.17) is 9.57 Å². The van der Waals surface area contributed by atoms with Crippen LogP contribution in [0.2, 0.25) is 0 Å². The molecule has 0 aliphatic heterocycles. The van der Waals surface area contributed by atoms with Crippen molar-refractivity contribution in [2.24, 2.45) is 0 Å². The molecule has 7 nitrogen and oxygen atoms in total. The van der Waals surface area contributed by atoms with Gasteiger partial charge < -0.3 is 10.1 Å². The number of carbonyl (C=O) groups is 1. The van der Waals surface area contributed by atoms with Gasteiger partial charge in [-0.3, -0.25) is 20.3 Å². The van der Waals surface area contributed by atoms with E-state index in [0.29, 0.717) is 35.8 Å². The van der Waals surface area contributed by atoms with E-state index >= 15 is 0 Å². The summed E-state index contributed by atoms with van der Waals surface area (Å²) in [4.78, 5) is 16.5. The molecule has 1 aromatic carbocycles. The molecule has 128 valence electrons. The number of nitrogens with one attached hydrogen (secondary N) is 2. The molecule has 1 aliphatic rings. The van der Waals surface area contributed by atoms with Crippen LogP contribution in [0.15, 0.2) is 48.3 Å². The number of nitrogens with zero attached hydrogens (tertiary/aromatic N) is 1. The average molecular weight is 332 g/mol. The second-order valence-electron chi connectivity index (χ2n) is 4.99. The number of hydrogen-bond donors (Lipinski definition) is 3. The number of anilines is 1. The number of allylic oxidation sites excluding steroid dienone is 4. The number of ether oxygens (including phenoxy) is 1. The van der Waals surface area contributed by atoms with Crippen LogP contribution in [0.5, 0.6) is 0 Å². The van der Waals surface area contributed by atoms with E-state index in [1.165, 1.54) is 7.11 Å². The van der Waals surface area contributed by atoms with Crippen molar-refractivity contribution in [3.63, 3.8) is 0 Å². The van der Waals surface area contributed by atoms with Crippen LogP contribution in [0.4, 0.5) is 11.4 Å². The summed E-state index contributed by atoms with van der Waals surface area (Å²) >= 11 is 0. The Morgan fingerprint density at radius 1 is 1.38 bits per heavy atom. The molecule has 0 unspecified atom stereocenters. The van der Waals surface area contributed by atoms with Crippen LogP contribution < -0.4 is 10.8 Å². The molecule has 24 heavy (non-hydrogen) atoms.